The summed E-state index contributed by atoms with van der Waals surface area (Å²) in [7, 11) is 0. The van der Waals surface area contributed by atoms with Crippen LogP contribution < -0.4 is 16.8 Å². The van der Waals surface area contributed by atoms with Crippen molar-refractivity contribution in [1.82, 2.24) is 4.57 Å². The summed E-state index contributed by atoms with van der Waals surface area (Å²) < 4.78 is 1.85. The molecule has 0 atom stereocenters. The quantitative estimate of drug-likeness (QED) is 0.265. The minimum absolute atomic E-state index is 0.0578. The van der Waals surface area contributed by atoms with Gasteiger partial charge in [0.2, 0.25) is 5.91 Å². The van der Waals surface area contributed by atoms with Crippen molar-refractivity contribution in [2.45, 2.75) is 6.54 Å². The predicted molar refractivity (Wildman–Crippen MR) is 126 cm³/mol. The summed E-state index contributed by atoms with van der Waals surface area (Å²) >= 11 is 5.93. The molecule has 4 rings (SSSR count). The highest BCUT2D eigenvalue weighted by Crippen LogP contribution is 2.24. The fraction of sp³-hybridized carbons (Fsp3) is 0.0417. The van der Waals surface area contributed by atoms with E-state index in [1.54, 1.807) is 66.7 Å². The molecule has 0 aliphatic heterocycles. The number of nitrogen functional groups attached to an aromatic ring is 1. The lowest BCUT2D eigenvalue weighted by Crippen LogP contribution is -2.18. The van der Waals surface area contributed by atoms with Crippen molar-refractivity contribution in [2.75, 3.05) is 5.32 Å². The van der Waals surface area contributed by atoms with Crippen LogP contribution in [0.2, 0.25) is 5.02 Å². The number of amidine groups is 1. The third-order valence-corrected chi connectivity index (χ3v) is 5.38. The molecule has 0 radical (unpaired) electrons. The van der Waals surface area contributed by atoms with E-state index in [1.807, 2.05) is 10.6 Å². The summed E-state index contributed by atoms with van der Waals surface area (Å²) in [6.45, 7) is 0.368. The third kappa shape index (κ3) is 4.33. The van der Waals surface area contributed by atoms with Crippen LogP contribution in [0, 0.1) is 5.41 Å². The van der Waals surface area contributed by atoms with E-state index in [1.165, 1.54) is 0 Å². The van der Waals surface area contributed by atoms with Gasteiger partial charge >= 0.3 is 0 Å². The molecule has 4 aromatic rings. The lowest BCUT2D eigenvalue weighted by atomic mass is 10.1. The molecule has 0 spiro atoms. The number of hydrogen-bond donors (Lipinski definition) is 4. The molecule has 0 aliphatic carbocycles. The Kier molecular flexibility index (Phi) is 5.66. The number of hydrogen-bond acceptors (Lipinski definition) is 3. The number of rotatable bonds is 6. The molecule has 0 saturated heterocycles. The number of nitrogens with two attached hydrogens (primary N) is 2. The van der Waals surface area contributed by atoms with Crippen molar-refractivity contribution in [2.24, 2.45) is 11.5 Å². The molecule has 7 nitrogen and oxygen atoms in total. The van der Waals surface area contributed by atoms with Gasteiger partial charge in [0.05, 0.1) is 0 Å². The third-order valence-electron chi connectivity index (χ3n) is 5.13. The van der Waals surface area contributed by atoms with Crippen LogP contribution in [-0.2, 0) is 6.54 Å². The first kappa shape index (κ1) is 21.1. The van der Waals surface area contributed by atoms with Crippen molar-refractivity contribution < 1.29 is 9.59 Å². The van der Waals surface area contributed by atoms with Gasteiger partial charge in [-0.25, -0.2) is 0 Å². The Balaban J connectivity index is 1.76. The molecule has 8 heteroatoms. The average molecular weight is 446 g/mol. The minimum atomic E-state index is -0.503. The van der Waals surface area contributed by atoms with Gasteiger partial charge in [0.1, 0.15) is 11.5 Å². The van der Waals surface area contributed by atoms with E-state index in [4.69, 9.17) is 28.5 Å². The van der Waals surface area contributed by atoms with Crippen molar-refractivity contribution >= 4 is 45.8 Å². The molecular weight excluding hydrogens is 426 g/mol. The van der Waals surface area contributed by atoms with Crippen molar-refractivity contribution in [3.63, 3.8) is 0 Å². The zero-order chi connectivity index (χ0) is 22.8. The molecule has 0 unspecified atom stereocenters. The van der Waals surface area contributed by atoms with Crippen LogP contribution in [0.4, 0.5) is 5.69 Å². The van der Waals surface area contributed by atoms with Gasteiger partial charge in [-0.3, -0.25) is 15.0 Å². The number of fused-ring (bicyclic) bond motifs is 1. The number of primary amides is 1. The van der Waals surface area contributed by atoms with Crippen LogP contribution in [0.3, 0.4) is 0 Å². The summed E-state index contributed by atoms with van der Waals surface area (Å²) in [6, 6.07) is 20.9. The maximum Gasteiger partial charge on any atom is 0.272 e. The highest BCUT2D eigenvalue weighted by Gasteiger charge is 2.17. The van der Waals surface area contributed by atoms with E-state index < -0.39 is 5.91 Å². The molecule has 1 aromatic heterocycles. The average Bonchev–Trinajstić information content (AvgIpc) is 3.13. The van der Waals surface area contributed by atoms with Crippen LogP contribution in [0.5, 0.6) is 0 Å². The second-order valence-electron chi connectivity index (χ2n) is 7.33. The Morgan fingerprint density at radius 1 is 0.906 bits per heavy atom. The molecule has 1 heterocycles. The van der Waals surface area contributed by atoms with Crippen LogP contribution in [0.1, 0.15) is 32.0 Å². The summed E-state index contributed by atoms with van der Waals surface area (Å²) in [5.74, 6) is -0.851. The predicted octanol–water partition coefficient (Wildman–Crippen LogP) is 3.98. The topological polar surface area (TPSA) is 127 Å². The van der Waals surface area contributed by atoms with E-state index in [2.05, 4.69) is 5.32 Å². The maximum absolute atomic E-state index is 13.1. The summed E-state index contributed by atoms with van der Waals surface area (Å²) in [5.41, 5.74) is 14.7. The number of halogens is 1. The van der Waals surface area contributed by atoms with Gasteiger partial charge in [-0.2, -0.15) is 0 Å². The standard InChI is InChI=1S/C24H20ClN5O2/c25-18-7-9-19(10-8-18)29-24(32)21-11-16-5-6-17(22(26)27)12-20(16)30(21)13-14-1-3-15(4-2-14)23(28)31/h1-12H,13H2,(H3,26,27)(H2,28,31)(H,29,32). The first-order chi connectivity index (χ1) is 15.3. The van der Waals surface area contributed by atoms with E-state index in [9.17, 15) is 9.59 Å². The van der Waals surface area contributed by atoms with Gasteiger partial charge < -0.3 is 21.4 Å². The number of nitrogens with zero attached hydrogens (tertiary/aromatic N) is 1. The van der Waals surface area contributed by atoms with E-state index >= 15 is 0 Å². The van der Waals surface area contributed by atoms with Gasteiger partial charge in [-0.05, 0) is 54.1 Å². The highest BCUT2D eigenvalue weighted by molar-refractivity contribution is 6.30. The summed E-state index contributed by atoms with van der Waals surface area (Å²) in [5, 5.41) is 12.1. The van der Waals surface area contributed by atoms with E-state index in [0.717, 1.165) is 16.5 Å². The smallest absolute Gasteiger partial charge is 0.272 e. The molecule has 6 N–H and O–H groups in total. The normalized spacial score (nSPS) is 10.8. The second kappa shape index (κ2) is 8.56. The van der Waals surface area contributed by atoms with Gasteiger partial charge in [0.15, 0.2) is 0 Å². The van der Waals surface area contributed by atoms with Gasteiger partial charge in [-0.1, -0.05) is 35.9 Å². The Labute approximate surface area is 189 Å². The second-order valence-corrected chi connectivity index (χ2v) is 7.76. The SMILES string of the molecule is N=C(N)c1ccc2cc(C(=O)Nc3ccc(Cl)cc3)n(Cc3ccc(C(N)=O)cc3)c2c1. The minimum Gasteiger partial charge on any atom is -0.384 e. The van der Waals surface area contributed by atoms with E-state index in [-0.39, 0.29) is 11.7 Å². The number of aromatic nitrogens is 1. The van der Waals surface area contributed by atoms with Crippen molar-refractivity contribution in [1.29, 1.82) is 5.41 Å². The van der Waals surface area contributed by atoms with Crippen molar-refractivity contribution in [3.05, 3.63) is 100 Å². The Morgan fingerprint density at radius 3 is 2.19 bits per heavy atom. The molecule has 0 saturated carbocycles. The lowest BCUT2D eigenvalue weighted by Gasteiger charge is -2.12. The maximum atomic E-state index is 13.1. The molecule has 2 amide bonds. The fourth-order valence-electron chi connectivity index (χ4n) is 3.47. The summed E-state index contributed by atoms with van der Waals surface area (Å²) in [6.07, 6.45) is 0. The molecule has 3 aromatic carbocycles. The van der Waals surface area contributed by atoms with Gasteiger partial charge in [0, 0.05) is 39.3 Å². The Hall–Kier alpha value is -4.10. The lowest BCUT2D eigenvalue weighted by molar-refractivity contribution is 0.0997. The van der Waals surface area contributed by atoms with Crippen LogP contribution in [0.25, 0.3) is 10.9 Å². The molecule has 0 fully saturated rings. The highest BCUT2D eigenvalue weighted by atomic mass is 35.5. The first-order valence-corrected chi connectivity index (χ1v) is 10.1. The first-order valence-electron chi connectivity index (χ1n) is 9.75. The number of carbonyl (C=O) groups excluding carboxylic acids is 2. The largest absolute Gasteiger partial charge is 0.384 e. The van der Waals surface area contributed by atoms with Crippen LogP contribution >= 0.6 is 11.6 Å². The Morgan fingerprint density at radius 2 is 1.56 bits per heavy atom. The zero-order valence-corrected chi connectivity index (χ0v) is 17.7. The fourth-order valence-corrected chi connectivity index (χ4v) is 3.59. The monoisotopic (exact) mass is 445 g/mol. The molecule has 32 heavy (non-hydrogen) atoms. The number of benzene rings is 3. The van der Waals surface area contributed by atoms with Crippen LogP contribution in [0.15, 0.2) is 72.8 Å². The van der Waals surface area contributed by atoms with Gasteiger partial charge in [-0.15, -0.1) is 0 Å². The van der Waals surface area contributed by atoms with E-state index in [0.29, 0.717) is 34.1 Å². The molecule has 160 valence electrons. The number of amides is 2. The number of anilines is 1. The molecule has 0 bridgehead atoms. The number of nitrogens with one attached hydrogen (secondary N) is 2. The molecular formula is C24H20ClN5O2. The van der Waals surface area contributed by atoms with Crippen molar-refractivity contribution in [3.8, 4) is 0 Å². The zero-order valence-electron chi connectivity index (χ0n) is 16.9. The molecule has 0 aliphatic rings. The van der Waals surface area contributed by atoms with Crippen LogP contribution in [-0.4, -0.2) is 22.2 Å². The van der Waals surface area contributed by atoms with Gasteiger partial charge in [0.25, 0.3) is 5.91 Å². The Bertz CT molecular complexity index is 1340. The summed E-state index contributed by atoms with van der Waals surface area (Å²) in [4.78, 5) is 24.5. The number of carbonyl (C=O) groups is 2.